The molecule has 1 heterocycles. The van der Waals surface area contributed by atoms with Gasteiger partial charge in [-0.2, -0.15) is 0 Å². The topological polar surface area (TPSA) is 102 Å². The minimum absolute atomic E-state index is 0.330. The van der Waals surface area contributed by atoms with Crippen LogP contribution in [0.4, 0.5) is 0 Å². The van der Waals surface area contributed by atoms with Gasteiger partial charge in [-0.15, -0.1) is 11.3 Å². The van der Waals surface area contributed by atoms with E-state index in [1.807, 2.05) is 0 Å². The molecule has 1 aromatic heterocycles. The van der Waals surface area contributed by atoms with E-state index in [4.69, 9.17) is 16.3 Å². The van der Waals surface area contributed by atoms with Crippen LogP contribution in [0.3, 0.4) is 0 Å². The van der Waals surface area contributed by atoms with Crippen LogP contribution in [0.1, 0.15) is 20.0 Å². The molecule has 0 fully saturated rings. The standard InChI is InChI=1S/C16H13ClN2O5S/c17-11-5-3-10(4-6-11)15(22)18-8-14(21)24-9-13(20)19-16(23)12-2-1-7-25-12/h1-7H,8-9H2,(H,18,22)(H,19,20,23). The molecule has 2 aromatic rings. The Morgan fingerprint density at radius 1 is 1.04 bits per heavy atom. The Balaban J connectivity index is 1.69. The van der Waals surface area contributed by atoms with Crippen molar-refractivity contribution in [1.29, 1.82) is 0 Å². The van der Waals surface area contributed by atoms with Gasteiger partial charge in [0, 0.05) is 10.6 Å². The Morgan fingerprint density at radius 3 is 2.40 bits per heavy atom. The number of ether oxygens (including phenoxy) is 1. The van der Waals surface area contributed by atoms with Crippen molar-refractivity contribution in [1.82, 2.24) is 10.6 Å². The van der Waals surface area contributed by atoms with Gasteiger partial charge in [-0.3, -0.25) is 24.5 Å². The molecule has 2 N–H and O–H groups in total. The van der Waals surface area contributed by atoms with Gasteiger partial charge >= 0.3 is 5.97 Å². The highest BCUT2D eigenvalue weighted by atomic mass is 35.5. The van der Waals surface area contributed by atoms with Crippen LogP contribution >= 0.6 is 22.9 Å². The van der Waals surface area contributed by atoms with E-state index >= 15 is 0 Å². The number of carbonyl (C=O) groups excluding carboxylic acids is 4. The number of hydrogen-bond acceptors (Lipinski definition) is 6. The second kappa shape index (κ2) is 8.95. The fourth-order valence-corrected chi connectivity index (χ4v) is 2.43. The summed E-state index contributed by atoms with van der Waals surface area (Å²) in [5, 5.41) is 6.62. The number of halogens is 1. The molecule has 0 bridgehead atoms. The zero-order valence-electron chi connectivity index (χ0n) is 12.8. The number of carbonyl (C=O) groups is 4. The SMILES string of the molecule is O=C(COC(=O)CNC(=O)c1ccc(Cl)cc1)NC(=O)c1cccs1. The fourth-order valence-electron chi connectivity index (χ4n) is 1.68. The van der Waals surface area contributed by atoms with Crippen LogP contribution in [0.5, 0.6) is 0 Å². The summed E-state index contributed by atoms with van der Waals surface area (Å²) in [6.07, 6.45) is 0. The molecule has 0 unspecified atom stereocenters. The molecule has 7 nitrogen and oxygen atoms in total. The van der Waals surface area contributed by atoms with Crippen molar-refractivity contribution in [3.8, 4) is 0 Å². The summed E-state index contributed by atoms with van der Waals surface area (Å²) >= 11 is 6.90. The number of amides is 3. The molecule has 0 radical (unpaired) electrons. The summed E-state index contributed by atoms with van der Waals surface area (Å²) in [4.78, 5) is 46.9. The highest BCUT2D eigenvalue weighted by Gasteiger charge is 2.14. The lowest BCUT2D eigenvalue weighted by atomic mass is 10.2. The summed E-state index contributed by atoms with van der Waals surface area (Å²) in [6, 6.07) is 9.34. The first-order chi connectivity index (χ1) is 12.0. The van der Waals surface area contributed by atoms with Crippen LogP contribution in [-0.4, -0.2) is 36.8 Å². The van der Waals surface area contributed by atoms with Crippen molar-refractivity contribution in [2.24, 2.45) is 0 Å². The van der Waals surface area contributed by atoms with Crippen LogP contribution in [-0.2, 0) is 14.3 Å². The van der Waals surface area contributed by atoms with Crippen LogP contribution in [0.2, 0.25) is 5.02 Å². The van der Waals surface area contributed by atoms with Gasteiger partial charge in [0.05, 0.1) is 4.88 Å². The van der Waals surface area contributed by atoms with Crippen LogP contribution < -0.4 is 10.6 Å². The molecular weight excluding hydrogens is 368 g/mol. The Labute approximate surface area is 151 Å². The third kappa shape index (κ3) is 6.02. The molecule has 0 aliphatic heterocycles. The van der Waals surface area contributed by atoms with E-state index in [0.29, 0.717) is 15.5 Å². The van der Waals surface area contributed by atoms with E-state index < -0.39 is 36.8 Å². The van der Waals surface area contributed by atoms with Gasteiger partial charge in [-0.25, -0.2) is 0 Å². The van der Waals surface area contributed by atoms with E-state index in [1.54, 1.807) is 29.6 Å². The normalized spacial score (nSPS) is 9.96. The van der Waals surface area contributed by atoms with Crippen molar-refractivity contribution in [3.05, 3.63) is 57.2 Å². The second-order valence-electron chi connectivity index (χ2n) is 4.70. The summed E-state index contributed by atoms with van der Waals surface area (Å²) in [7, 11) is 0. The molecule has 0 saturated heterocycles. The zero-order valence-corrected chi connectivity index (χ0v) is 14.4. The van der Waals surface area contributed by atoms with E-state index in [9.17, 15) is 19.2 Å². The average molecular weight is 381 g/mol. The highest BCUT2D eigenvalue weighted by molar-refractivity contribution is 7.12. The predicted molar refractivity (Wildman–Crippen MR) is 91.5 cm³/mol. The molecule has 25 heavy (non-hydrogen) atoms. The van der Waals surface area contributed by atoms with Gasteiger partial charge in [0.15, 0.2) is 6.61 Å². The van der Waals surface area contributed by atoms with Crippen molar-refractivity contribution >= 4 is 46.6 Å². The molecular formula is C16H13ClN2O5S. The average Bonchev–Trinajstić information content (AvgIpc) is 3.13. The van der Waals surface area contributed by atoms with E-state index in [2.05, 4.69) is 10.6 Å². The zero-order chi connectivity index (χ0) is 18.2. The number of thiophene rings is 1. The first kappa shape index (κ1) is 18.6. The molecule has 0 atom stereocenters. The summed E-state index contributed by atoms with van der Waals surface area (Å²) in [6.45, 7) is -1.03. The third-order valence-electron chi connectivity index (χ3n) is 2.86. The van der Waals surface area contributed by atoms with E-state index in [1.165, 1.54) is 23.5 Å². The largest absolute Gasteiger partial charge is 0.454 e. The maximum atomic E-state index is 11.8. The lowest BCUT2D eigenvalue weighted by Crippen LogP contribution is -2.36. The summed E-state index contributed by atoms with van der Waals surface area (Å²) in [5.74, 6) is -2.60. The molecule has 130 valence electrons. The van der Waals surface area contributed by atoms with Gasteiger partial charge in [0.1, 0.15) is 6.54 Å². The quantitative estimate of drug-likeness (QED) is 0.742. The van der Waals surface area contributed by atoms with E-state index in [-0.39, 0.29) is 0 Å². The van der Waals surface area contributed by atoms with Crippen LogP contribution in [0.15, 0.2) is 41.8 Å². The van der Waals surface area contributed by atoms with Gasteiger partial charge < -0.3 is 10.1 Å². The number of imide groups is 1. The molecule has 3 amide bonds. The first-order valence-electron chi connectivity index (χ1n) is 7.03. The Kier molecular flexibility index (Phi) is 6.67. The van der Waals surface area contributed by atoms with Crippen molar-refractivity contribution in [2.45, 2.75) is 0 Å². The van der Waals surface area contributed by atoms with Gasteiger partial charge in [0.2, 0.25) is 0 Å². The number of hydrogen-bond donors (Lipinski definition) is 2. The van der Waals surface area contributed by atoms with Crippen LogP contribution in [0.25, 0.3) is 0 Å². The van der Waals surface area contributed by atoms with Crippen LogP contribution in [0, 0.1) is 0 Å². The second-order valence-corrected chi connectivity index (χ2v) is 6.09. The lowest BCUT2D eigenvalue weighted by molar-refractivity contribution is -0.147. The van der Waals surface area contributed by atoms with Gasteiger partial charge in [0.25, 0.3) is 17.7 Å². The number of nitrogens with one attached hydrogen (secondary N) is 2. The molecule has 0 saturated carbocycles. The molecule has 9 heteroatoms. The van der Waals surface area contributed by atoms with Crippen molar-refractivity contribution < 1.29 is 23.9 Å². The molecule has 0 aliphatic rings. The molecule has 1 aromatic carbocycles. The monoisotopic (exact) mass is 380 g/mol. The third-order valence-corrected chi connectivity index (χ3v) is 3.98. The number of esters is 1. The van der Waals surface area contributed by atoms with Crippen molar-refractivity contribution in [2.75, 3.05) is 13.2 Å². The Bertz CT molecular complexity index is 774. The summed E-state index contributed by atoms with van der Waals surface area (Å²) < 4.78 is 4.69. The summed E-state index contributed by atoms with van der Waals surface area (Å²) in [5.41, 5.74) is 0.330. The predicted octanol–water partition coefficient (Wildman–Crippen LogP) is 1.63. The maximum absolute atomic E-state index is 11.8. The minimum atomic E-state index is -0.805. The minimum Gasteiger partial charge on any atom is -0.454 e. The Morgan fingerprint density at radius 2 is 1.76 bits per heavy atom. The molecule has 0 aliphatic carbocycles. The fraction of sp³-hybridized carbons (Fsp3) is 0.125. The highest BCUT2D eigenvalue weighted by Crippen LogP contribution is 2.09. The Hall–Kier alpha value is -2.71. The molecule has 0 spiro atoms. The van der Waals surface area contributed by atoms with Gasteiger partial charge in [-0.05, 0) is 35.7 Å². The number of benzene rings is 1. The lowest BCUT2D eigenvalue weighted by Gasteiger charge is -2.07. The van der Waals surface area contributed by atoms with Crippen molar-refractivity contribution in [3.63, 3.8) is 0 Å². The van der Waals surface area contributed by atoms with E-state index in [0.717, 1.165) is 0 Å². The smallest absolute Gasteiger partial charge is 0.325 e. The molecule has 2 rings (SSSR count). The maximum Gasteiger partial charge on any atom is 0.325 e. The first-order valence-corrected chi connectivity index (χ1v) is 8.28. The van der Waals surface area contributed by atoms with Gasteiger partial charge in [-0.1, -0.05) is 17.7 Å². The number of rotatable bonds is 6.